The minimum absolute atomic E-state index is 0.255. The summed E-state index contributed by atoms with van der Waals surface area (Å²) in [7, 11) is 0. The summed E-state index contributed by atoms with van der Waals surface area (Å²) >= 11 is 0. The maximum atomic E-state index is 12.3. The SMILES string of the molecule is Cc1cc(C)cc(Nc2cc(C(=O)NCc3cccnc3)ncn2)c1. The first-order valence-corrected chi connectivity index (χ1v) is 7.94. The van der Waals surface area contributed by atoms with Gasteiger partial charge in [0.1, 0.15) is 17.8 Å². The molecule has 0 bridgehead atoms. The van der Waals surface area contributed by atoms with Crippen molar-refractivity contribution in [2.45, 2.75) is 20.4 Å². The molecule has 0 spiro atoms. The van der Waals surface area contributed by atoms with Gasteiger partial charge in [0.05, 0.1) is 0 Å². The average molecular weight is 333 g/mol. The minimum Gasteiger partial charge on any atom is -0.347 e. The van der Waals surface area contributed by atoms with Gasteiger partial charge in [0.25, 0.3) is 5.91 Å². The molecule has 0 fully saturated rings. The Bertz CT molecular complexity index is 860. The maximum Gasteiger partial charge on any atom is 0.270 e. The lowest BCUT2D eigenvalue weighted by molar-refractivity contribution is 0.0945. The predicted molar refractivity (Wildman–Crippen MR) is 96.6 cm³/mol. The zero-order valence-corrected chi connectivity index (χ0v) is 14.2. The van der Waals surface area contributed by atoms with Gasteiger partial charge in [0, 0.05) is 30.7 Å². The van der Waals surface area contributed by atoms with E-state index in [9.17, 15) is 4.79 Å². The quantitative estimate of drug-likeness (QED) is 0.750. The van der Waals surface area contributed by atoms with Crippen molar-refractivity contribution < 1.29 is 4.79 Å². The van der Waals surface area contributed by atoms with E-state index in [-0.39, 0.29) is 5.91 Å². The van der Waals surface area contributed by atoms with Gasteiger partial charge in [-0.25, -0.2) is 9.97 Å². The zero-order valence-electron chi connectivity index (χ0n) is 14.2. The number of nitrogens with one attached hydrogen (secondary N) is 2. The summed E-state index contributed by atoms with van der Waals surface area (Å²) in [6.07, 6.45) is 4.79. The second-order valence-corrected chi connectivity index (χ2v) is 5.83. The lowest BCUT2D eigenvalue weighted by atomic mass is 10.1. The van der Waals surface area contributed by atoms with Gasteiger partial charge in [0.2, 0.25) is 0 Å². The van der Waals surface area contributed by atoms with Crippen molar-refractivity contribution in [2.24, 2.45) is 0 Å². The topological polar surface area (TPSA) is 79.8 Å². The second-order valence-electron chi connectivity index (χ2n) is 5.83. The maximum absolute atomic E-state index is 12.3. The molecular formula is C19H19N5O. The van der Waals surface area contributed by atoms with E-state index in [1.54, 1.807) is 18.5 Å². The molecule has 6 nitrogen and oxygen atoms in total. The van der Waals surface area contributed by atoms with Crippen LogP contribution in [0.25, 0.3) is 0 Å². The smallest absolute Gasteiger partial charge is 0.270 e. The molecule has 0 aliphatic heterocycles. The van der Waals surface area contributed by atoms with Crippen molar-refractivity contribution >= 4 is 17.4 Å². The Morgan fingerprint density at radius 3 is 2.60 bits per heavy atom. The number of carbonyl (C=O) groups excluding carboxylic acids is 1. The fourth-order valence-corrected chi connectivity index (χ4v) is 2.52. The van der Waals surface area contributed by atoms with Crippen LogP contribution in [0, 0.1) is 13.8 Å². The highest BCUT2D eigenvalue weighted by Gasteiger charge is 2.09. The van der Waals surface area contributed by atoms with Gasteiger partial charge in [-0.2, -0.15) is 0 Å². The lowest BCUT2D eigenvalue weighted by Gasteiger charge is -2.09. The number of amides is 1. The fourth-order valence-electron chi connectivity index (χ4n) is 2.52. The number of nitrogens with zero attached hydrogens (tertiary/aromatic N) is 3. The van der Waals surface area contributed by atoms with E-state index >= 15 is 0 Å². The van der Waals surface area contributed by atoms with Crippen LogP contribution in [0.5, 0.6) is 0 Å². The third-order valence-corrected chi connectivity index (χ3v) is 3.57. The number of benzene rings is 1. The zero-order chi connectivity index (χ0) is 17.6. The number of aryl methyl sites for hydroxylation is 2. The molecule has 2 N–H and O–H groups in total. The highest BCUT2D eigenvalue weighted by molar-refractivity contribution is 5.92. The normalized spacial score (nSPS) is 10.3. The van der Waals surface area contributed by atoms with E-state index < -0.39 is 0 Å². The predicted octanol–water partition coefficient (Wildman–Crippen LogP) is 3.16. The van der Waals surface area contributed by atoms with Crippen LogP contribution in [-0.2, 0) is 6.54 Å². The monoisotopic (exact) mass is 333 g/mol. The van der Waals surface area contributed by atoms with Crippen molar-refractivity contribution in [2.75, 3.05) is 5.32 Å². The third-order valence-electron chi connectivity index (χ3n) is 3.57. The molecule has 0 aliphatic rings. The van der Waals surface area contributed by atoms with E-state index in [0.717, 1.165) is 22.4 Å². The van der Waals surface area contributed by atoms with Crippen LogP contribution < -0.4 is 10.6 Å². The molecule has 25 heavy (non-hydrogen) atoms. The Labute approximate surface area is 146 Å². The van der Waals surface area contributed by atoms with E-state index in [4.69, 9.17) is 0 Å². The number of carbonyl (C=O) groups is 1. The highest BCUT2D eigenvalue weighted by atomic mass is 16.1. The Hall–Kier alpha value is -3.28. The van der Waals surface area contributed by atoms with Crippen LogP contribution in [-0.4, -0.2) is 20.9 Å². The van der Waals surface area contributed by atoms with Gasteiger partial charge in [-0.1, -0.05) is 12.1 Å². The molecule has 2 heterocycles. The second kappa shape index (κ2) is 7.53. The molecule has 1 amide bonds. The number of hydrogen-bond acceptors (Lipinski definition) is 5. The molecule has 0 atom stereocenters. The van der Waals surface area contributed by atoms with Gasteiger partial charge >= 0.3 is 0 Å². The molecule has 0 unspecified atom stereocenters. The minimum atomic E-state index is -0.255. The van der Waals surface area contributed by atoms with E-state index in [0.29, 0.717) is 18.1 Å². The molecule has 2 aromatic heterocycles. The van der Waals surface area contributed by atoms with Crippen molar-refractivity contribution in [3.05, 3.63) is 77.5 Å². The van der Waals surface area contributed by atoms with Gasteiger partial charge in [0.15, 0.2) is 0 Å². The highest BCUT2D eigenvalue weighted by Crippen LogP contribution is 2.18. The molecule has 3 rings (SSSR count). The van der Waals surface area contributed by atoms with E-state index in [1.165, 1.54) is 6.33 Å². The van der Waals surface area contributed by atoms with Crippen molar-refractivity contribution in [3.8, 4) is 0 Å². The Balaban J connectivity index is 1.69. The van der Waals surface area contributed by atoms with Crippen molar-refractivity contribution in [1.29, 1.82) is 0 Å². The summed E-state index contributed by atoms with van der Waals surface area (Å²) in [5, 5.41) is 6.04. The first kappa shape index (κ1) is 16.6. The molecule has 6 heteroatoms. The van der Waals surface area contributed by atoms with Crippen LogP contribution in [0.4, 0.5) is 11.5 Å². The molecule has 0 radical (unpaired) electrons. The summed E-state index contributed by atoms with van der Waals surface area (Å²) in [6.45, 7) is 4.47. The standard InChI is InChI=1S/C19H19N5O/c1-13-6-14(2)8-16(7-13)24-18-9-17(22-12-23-18)19(25)21-11-15-4-3-5-20-10-15/h3-10,12H,11H2,1-2H3,(H,21,25)(H,22,23,24). The third kappa shape index (κ3) is 4.60. The van der Waals surface area contributed by atoms with Crippen molar-refractivity contribution in [1.82, 2.24) is 20.3 Å². The van der Waals surface area contributed by atoms with Gasteiger partial charge in [-0.15, -0.1) is 0 Å². The summed E-state index contributed by atoms with van der Waals surface area (Å²) in [6, 6.07) is 11.5. The van der Waals surface area contributed by atoms with Crippen LogP contribution in [0.1, 0.15) is 27.2 Å². The number of anilines is 2. The lowest BCUT2D eigenvalue weighted by Crippen LogP contribution is -2.24. The molecule has 0 saturated carbocycles. The van der Waals surface area contributed by atoms with Crippen molar-refractivity contribution in [3.63, 3.8) is 0 Å². The van der Waals surface area contributed by atoms with E-state index in [2.05, 4.69) is 31.7 Å². The number of aromatic nitrogens is 3. The van der Waals surface area contributed by atoms with Gasteiger partial charge in [-0.3, -0.25) is 9.78 Å². The number of hydrogen-bond donors (Lipinski definition) is 2. The molecule has 3 aromatic rings. The molecule has 0 saturated heterocycles. The van der Waals surface area contributed by atoms with E-state index in [1.807, 2.05) is 38.1 Å². The summed E-state index contributed by atoms with van der Waals surface area (Å²) < 4.78 is 0. The number of pyridine rings is 1. The van der Waals surface area contributed by atoms with Crippen LogP contribution in [0.15, 0.2) is 55.1 Å². The molecule has 126 valence electrons. The fraction of sp³-hybridized carbons (Fsp3) is 0.158. The molecule has 1 aromatic carbocycles. The molecular weight excluding hydrogens is 314 g/mol. The summed E-state index contributed by atoms with van der Waals surface area (Å²) in [4.78, 5) is 24.5. The molecule has 0 aliphatic carbocycles. The largest absolute Gasteiger partial charge is 0.347 e. The average Bonchev–Trinajstić information content (AvgIpc) is 2.60. The summed E-state index contributed by atoms with van der Waals surface area (Å²) in [5.41, 5.74) is 4.49. The Morgan fingerprint density at radius 2 is 1.88 bits per heavy atom. The van der Waals surface area contributed by atoms with Crippen LogP contribution in [0.2, 0.25) is 0 Å². The Morgan fingerprint density at radius 1 is 1.08 bits per heavy atom. The first-order chi connectivity index (χ1) is 12.1. The van der Waals surface area contributed by atoms with Crippen LogP contribution >= 0.6 is 0 Å². The number of rotatable bonds is 5. The van der Waals surface area contributed by atoms with Gasteiger partial charge in [-0.05, 0) is 48.7 Å². The van der Waals surface area contributed by atoms with Gasteiger partial charge < -0.3 is 10.6 Å². The summed E-state index contributed by atoms with van der Waals surface area (Å²) in [5.74, 6) is 0.321. The Kier molecular flexibility index (Phi) is 4.99. The van der Waals surface area contributed by atoms with Crippen LogP contribution in [0.3, 0.4) is 0 Å². The first-order valence-electron chi connectivity index (χ1n) is 7.94.